The van der Waals surface area contributed by atoms with E-state index in [0.29, 0.717) is 0 Å². The van der Waals surface area contributed by atoms with E-state index in [0.717, 1.165) is 33.4 Å². The molecule has 0 aliphatic carbocycles. The first-order chi connectivity index (χ1) is 12.1. The highest BCUT2D eigenvalue weighted by Gasteiger charge is 2.07. The zero-order chi connectivity index (χ0) is 17.8. The Bertz CT molecular complexity index is 898. The van der Waals surface area contributed by atoms with Crippen molar-refractivity contribution in [2.24, 2.45) is 5.10 Å². The summed E-state index contributed by atoms with van der Waals surface area (Å²) >= 11 is 1.55. The Balaban J connectivity index is 1.74. The molecule has 0 aliphatic heterocycles. The number of nitrogens with zero attached hydrogens (tertiary/aromatic N) is 2. The van der Waals surface area contributed by atoms with Crippen LogP contribution in [0.2, 0.25) is 0 Å². The number of ether oxygens (including phenoxy) is 1. The molecule has 3 rings (SSSR count). The quantitative estimate of drug-likeness (QED) is 0.503. The van der Waals surface area contributed by atoms with Gasteiger partial charge in [-0.25, -0.2) is 4.98 Å². The van der Waals surface area contributed by atoms with Gasteiger partial charge in [-0.05, 0) is 56.2 Å². The molecular formula is C20H21N3OS. The maximum Gasteiger partial charge on any atom is 0.203 e. The zero-order valence-electron chi connectivity index (χ0n) is 14.8. The molecule has 3 aromatic rings. The lowest BCUT2D eigenvalue weighted by molar-refractivity contribution is 0.415. The number of benzene rings is 2. The van der Waals surface area contributed by atoms with E-state index < -0.39 is 0 Å². The maximum absolute atomic E-state index is 5.18. The average Bonchev–Trinajstić information content (AvgIpc) is 3.08. The fourth-order valence-electron chi connectivity index (χ4n) is 2.58. The summed E-state index contributed by atoms with van der Waals surface area (Å²) < 4.78 is 5.18. The molecule has 0 spiro atoms. The van der Waals surface area contributed by atoms with Crippen LogP contribution in [0, 0.1) is 13.8 Å². The second-order valence-corrected chi connectivity index (χ2v) is 6.75. The molecule has 0 aliphatic rings. The molecule has 1 heterocycles. The van der Waals surface area contributed by atoms with Crippen molar-refractivity contribution in [3.05, 3.63) is 64.5 Å². The van der Waals surface area contributed by atoms with E-state index in [9.17, 15) is 0 Å². The van der Waals surface area contributed by atoms with E-state index in [1.165, 1.54) is 11.1 Å². The summed E-state index contributed by atoms with van der Waals surface area (Å²) in [5, 5.41) is 7.27. The maximum atomic E-state index is 5.18. The SMILES string of the molecule is COc1ccc(C(C)=NNc2nc(-c3ccc(C)cc3C)cs2)cc1. The summed E-state index contributed by atoms with van der Waals surface area (Å²) in [7, 11) is 1.66. The summed E-state index contributed by atoms with van der Waals surface area (Å²) in [6.07, 6.45) is 0. The minimum Gasteiger partial charge on any atom is -0.497 e. The Kier molecular flexibility index (Phi) is 5.14. The molecular weight excluding hydrogens is 330 g/mol. The van der Waals surface area contributed by atoms with Crippen LogP contribution < -0.4 is 10.2 Å². The number of aromatic nitrogens is 1. The summed E-state index contributed by atoms with van der Waals surface area (Å²) in [6, 6.07) is 14.2. The molecule has 0 unspecified atom stereocenters. The van der Waals surface area contributed by atoms with Crippen LogP contribution in [0.3, 0.4) is 0 Å². The van der Waals surface area contributed by atoms with Crippen LogP contribution >= 0.6 is 11.3 Å². The van der Waals surface area contributed by atoms with Gasteiger partial charge in [-0.2, -0.15) is 5.10 Å². The van der Waals surface area contributed by atoms with Crippen molar-refractivity contribution in [2.75, 3.05) is 12.5 Å². The Morgan fingerprint density at radius 2 is 1.88 bits per heavy atom. The Labute approximate surface area is 152 Å². The van der Waals surface area contributed by atoms with Crippen molar-refractivity contribution >= 4 is 22.2 Å². The van der Waals surface area contributed by atoms with Crippen molar-refractivity contribution < 1.29 is 4.74 Å². The number of anilines is 1. The number of nitrogens with one attached hydrogen (secondary N) is 1. The minimum absolute atomic E-state index is 0.780. The third kappa shape index (κ3) is 4.06. The molecule has 25 heavy (non-hydrogen) atoms. The molecule has 0 saturated heterocycles. The molecule has 0 radical (unpaired) electrons. The number of methoxy groups -OCH3 is 1. The summed E-state index contributed by atoms with van der Waals surface area (Å²) in [6.45, 7) is 6.18. The van der Waals surface area contributed by atoms with Crippen LogP contribution in [0.1, 0.15) is 23.6 Å². The zero-order valence-corrected chi connectivity index (χ0v) is 15.6. The first-order valence-electron chi connectivity index (χ1n) is 8.04. The second-order valence-electron chi connectivity index (χ2n) is 5.89. The lowest BCUT2D eigenvalue weighted by Crippen LogP contribution is -1.99. The highest BCUT2D eigenvalue weighted by Crippen LogP contribution is 2.28. The average molecular weight is 351 g/mol. The third-order valence-electron chi connectivity index (χ3n) is 3.99. The predicted molar refractivity (Wildman–Crippen MR) is 106 cm³/mol. The largest absolute Gasteiger partial charge is 0.497 e. The van der Waals surface area contributed by atoms with Crippen LogP contribution in [0.5, 0.6) is 5.75 Å². The third-order valence-corrected chi connectivity index (χ3v) is 4.74. The number of hydrogen-bond donors (Lipinski definition) is 1. The highest BCUT2D eigenvalue weighted by atomic mass is 32.1. The lowest BCUT2D eigenvalue weighted by Gasteiger charge is -2.04. The number of rotatable bonds is 5. The van der Waals surface area contributed by atoms with Gasteiger partial charge in [0.15, 0.2) is 0 Å². The van der Waals surface area contributed by atoms with Crippen LogP contribution in [-0.4, -0.2) is 17.8 Å². The first kappa shape index (κ1) is 17.2. The van der Waals surface area contributed by atoms with E-state index >= 15 is 0 Å². The van der Waals surface area contributed by atoms with Gasteiger partial charge in [0.25, 0.3) is 0 Å². The molecule has 0 amide bonds. The molecule has 5 heteroatoms. The van der Waals surface area contributed by atoms with Gasteiger partial charge in [0, 0.05) is 10.9 Å². The monoisotopic (exact) mass is 351 g/mol. The van der Waals surface area contributed by atoms with Gasteiger partial charge in [0.2, 0.25) is 5.13 Å². The van der Waals surface area contributed by atoms with E-state index in [2.05, 4.69) is 52.9 Å². The van der Waals surface area contributed by atoms with Gasteiger partial charge in [-0.3, -0.25) is 5.43 Å². The molecule has 128 valence electrons. The van der Waals surface area contributed by atoms with Gasteiger partial charge in [0.05, 0.1) is 18.5 Å². The predicted octanol–water partition coefficient (Wildman–Crippen LogP) is 5.27. The molecule has 0 bridgehead atoms. The van der Waals surface area contributed by atoms with Gasteiger partial charge < -0.3 is 4.74 Å². The van der Waals surface area contributed by atoms with Gasteiger partial charge in [-0.1, -0.05) is 23.8 Å². The normalized spacial score (nSPS) is 11.4. The standard InChI is InChI=1S/C20H21N3OS/c1-13-5-10-18(14(2)11-13)19-12-25-20(21-19)23-22-15(3)16-6-8-17(24-4)9-7-16/h5-12H,1-4H3,(H,21,23). The van der Waals surface area contributed by atoms with E-state index in [-0.39, 0.29) is 0 Å². The van der Waals surface area contributed by atoms with Gasteiger partial charge in [0.1, 0.15) is 5.75 Å². The molecule has 0 atom stereocenters. The van der Waals surface area contributed by atoms with E-state index in [4.69, 9.17) is 4.74 Å². The molecule has 2 aromatic carbocycles. The van der Waals surface area contributed by atoms with Crippen LogP contribution in [0.4, 0.5) is 5.13 Å². The van der Waals surface area contributed by atoms with Gasteiger partial charge >= 0.3 is 0 Å². The van der Waals surface area contributed by atoms with Crippen LogP contribution in [0.25, 0.3) is 11.3 Å². The van der Waals surface area contributed by atoms with Gasteiger partial charge in [-0.15, -0.1) is 11.3 Å². The van der Waals surface area contributed by atoms with E-state index in [1.54, 1.807) is 18.4 Å². The van der Waals surface area contributed by atoms with Crippen molar-refractivity contribution in [3.63, 3.8) is 0 Å². The number of hydrogen-bond acceptors (Lipinski definition) is 5. The van der Waals surface area contributed by atoms with Crippen LogP contribution in [-0.2, 0) is 0 Å². The Hall–Kier alpha value is -2.66. The highest BCUT2D eigenvalue weighted by molar-refractivity contribution is 7.14. The first-order valence-corrected chi connectivity index (χ1v) is 8.92. The topological polar surface area (TPSA) is 46.5 Å². The molecule has 1 aromatic heterocycles. The summed E-state index contributed by atoms with van der Waals surface area (Å²) in [5.74, 6) is 0.836. The smallest absolute Gasteiger partial charge is 0.203 e. The Morgan fingerprint density at radius 1 is 1.12 bits per heavy atom. The molecule has 0 saturated carbocycles. The summed E-state index contributed by atoms with van der Waals surface area (Å²) in [4.78, 5) is 4.64. The number of aryl methyl sites for hydroxylation is 2. The number of thiazole rings is 1. The van der Waals surface area contributed by atoms with E-state index in [1.807, 2.05) is 31.2 Å². The van der Waals surface area contributed by atoms with Crippen molar-refractivity contribution in [2.45, 2.75) is 20.8 Å². The van der Waals surface area contributed by atoms with Crippen LogP contribution in [0.15, 0.2) is 52.9 Å². The molecule has 1 N–H and O–H groups in total. The number of hydrazone groups is 1. The minimum atomic E-state index is 0.780. The van der Waals surface area contributed by atoms with Crippen molar-refractivity contribution in [1.82, 2.24) is 4.98 Å². The van der Waals surface area contributed by atoms with Crippen molar-refractivity contribution in [1.29, 1.82) is 0 Å². The fraction of sp³-hybridized carbons (Fsp3) is 0.200. The fourth-order valence-corrected chi connectivity index (χ4v) is 3.23. The lowest BCUT2D eigenvalue weighted by atomic mass is 10.0. The second kappa shape index (κ2) is 7.49. The Morgan fingerprint density at radius 3 is 2.56 bits per heavy atom. The van der Waals surface area contributed by atoms with Crippen molar-refractivity contribution in [3.8, 4) is 17.0 Å². The summed E-state index contributed by atoms with van der Waals surface area (Å²) in [5.41, 5.74) is 9.61. The molecule has 0 fully saturated rings. The molecule has 4 nitrogen and oxygen atoms in total.